The quantitative estimate of drug-likeness (QED) is 0.430. The highest BCUT2D eigenvalue weighted by molar-refractivity contribution is 7.99. The molecule has 2 aliphatic heterocycles. The zero-order valence-corrected chi connectivity index (χ0v) is 19.7. The van der Waals surface area contributed by atoms with Gasteiger partial charge in [0.1, 0.15) is 19.0 Å². The van der Waals surface area contributed by atoms with Crippen molar-refractivity contribution in [1.82, 2.24) is 4.90 Å². The molecule has 170 valence electrons. The van der Waals surface area contributed by atoms with Gasteiger partial charge in [-0.15, -0.1) is 11.8 Å². The summed E-state index contributed by atoms with van der Waals surface area (Å²) in [5.74, 6) is 2.48. The maximum Gasteiger partial charge on any atom is 0.341 e. The van der Waals surface area contributed by atoms with Crippen molar-refractivity contribution in [3.05, 3.63) is 33.9 Å². The Balaban J connectivity index is 1.60. The van der Waals surface area contributed by atoms with Gasteiger partial charge in [0, 0.05) is 49.3 Å². The minimum Gasteiger partial charge on any atom is -0.496 e. The maximum absolute atomic E-state index is 12.3. The van der Waals surface area contributed by atoms with Crippen LogP contribution in [0.15, 0.2) is 11.6 Å². The minimum absolute atomic E-state index is 0.163. The number of carbonyl (C=O) groups excluding carboxylic acids is 2. The van der Waals surface area contributed by atoms with Crippen LogP contribution in [0.3, 0.4) is 0 Å². The number of nitrogens with zero attached hydrogens (tertiary/aromatic N) is 1. The zero-order chi connectivity index (χ0) is 22.4. The molecule has 0 aromatic heterocycles. The maximum atomic E-state index is 12.3. The van der Waals surface area contributed by atoms with Gasteiger partial charge in [-0.25, -0.2) is 4.79 Å². The van der Waals surface area contributed by atoms with Gasteiger partial charge in [0.15, 0.2) is 0 Å². The smallest absolute Gasteiger partial charge is 0.341 e. The lowest BCUT2D eigenvalue weighted by Gasteiger charge is -2.19. The number of anilines is 1. The molecule has 8 heteroatoms. The number of methoxy groups -OCH3 is 1. The van der Waals surface area contributed by atoms with Gasteiger partial charge in [-0.3, -0.25) is 9.69 Å². The Hall–Kier alpha value is -2.19. The van der Waals surface area contributed by atoms with Gasteiger partial charge < -0.3 is 19.5 Å². The Labute approximate surface area is 188 Å². The van der Waals surface area contributed by atoms with Gasteiger partial charge >= 0.3 is 11.9 Å². The van der Waals surface area contributed by atoms with Gasteiger partial charge in [-0.2, -0.15) is 0 Å². The van der Waals surface area contributed by atoms with E-state index in [0.29, 0.717) is 31.4 Å². The van der Waals surface area contributed by atoms with Gasteiger partial charge in [0.25, 0.3) is 0 Å². The monoisotopic (exact) mass is 448 g/mol. The van der Waals surface area contributed by atoms with E-state index in [1.807, 2.05) is 25.6 Å². The van der Waals surface area contributed by atoms with Crippen LogP contribution < -0.4 is 10.1 Å². The molecular weight excluding hydrogens is 416 g/mol. The van der Waals surface area contributed by atoms with Crippen molar-refractivity contribution < 1.29 is 23.8 Å². The molecule has 1 N–H and O–H groups in total. The molecule has 0 aliphatic carbocycles. The van der Waals surface area contributed by atoms with Crippen LogP contribution in [0.1, 0.15) is 46.8 Å². The second kappa shape index (κ2) is 10.9. The number of hydrogen-bond acceptors (Lipinski definition) is 8. The molecule has 2 aliphatic rings. The van der Waals surface area contributed by atoms with Crippen molar-refractivity contribution in [2.75, 3.05) is 50.8 Å². The first-order valence-electron chi connectivity index (χ1n) is 10.6. The lowest BCUT2D eigenvalue weighted by molar-refractivity contribution is -0.143. The molecule has 1 saturated heterocycles. The molecule has 7 nitrogen and oxygen atoms in total. The normalized spacial score (nSPS) is 16.3. The summed E-state index contributed by atoms with van der Waals surface area (Å²) in [4.78, 5) is 26.6. The number of carbonyl (C=O) groups is 2. The molecule has 0 saturated carbocycles. The number of ether oxygens (including phenoxy) is 3. The average Bonchev–Trinajstić information content (AvgIpc) is 3.41. The highest BCUT2D eigenvalue weighted by Gasteiger charge is 2.31. The largest absolute Gasteiger partial charge is 0.496 e. The highest BCUT2D eigenvalue weighted by Crippen LogP contribution is 2.41. The summed E-state index contributed by atoms with van der Waals surface area (Å²) < 4.78 is 16.3. The van der Waals surface area contributed by atoms with Crippen molar-refractivity contribution in [2.24, 2.45) is 0 Å². The molecule has 2 heterocycles. The van der Waals surface area contributed by atoms with Crippen LogP contribution in [-0.2, 0) is 27.3 Å². The van der Waals surface area contributed by atoms with Crippen LogP contribution in [0.5, 0.6) is 5.75 Å². The standard InChI is InChI=1S/C23H32N2O5S/c1-15(6-8-19(26)29-11-9-25-10-12-31-14-25)5-7-17-21(24-3)20-18(13-30-23(20)27)16(2)22(17)28-4/h5,24H,6-14H2,1-4H3. The molecule has 0 atom stereocenters. The van der Waals surface area contributed by atoms with Crippen LogP contribution in [0.25, 0.3) is 0 Å². The van der Waals surface area contributed by atoms with Crippen molar-refractivity contribution >= 4 is 29.4 Å². The molecule has 0 radical (unpaired) electrons. The summed E-state index contributed by atoms with van der Waals surface area (Å²) in [6.45, 7) is 6.57. The van der Waals surface area contributed by atoms with Gasteiger partial charge in [0.05, 0.1) is 18.4 Å². The summed E-state index contributed by atoms with van der Waals surface area (Å²) in [5, 5.41) is 3.16. The lowest BCUT2D eigenvalue weighted by atomic mass is 9.93. The summed E-state index contributed by atoms with van der Waals surface area (Å²) in [5.41, 5.74) is 5.18. The van der Waals surface area contributed by atoms with Crippen molar-refractivity contribution in [3.63, 3.8) is 0 Å². The molecule has 0 bridgehead atoms. The molecule has 0 spiro atoms. The second-order valence-electron chi connectivity index (χ2n) is 7.82. The summed E-state index contributed by atoms with van der Waals surface area (Å²) in [6.07, 6.45) is 3.68. The summed E-state index contributed by atoms with van der Waals surface area (Å²) >= 11 is 1.91. The van der Waals surface area contributed by atoms with E-state index in [4.69, 9.17) is 14.2 Å². The van der Waals surface area contributed by atoms with Crippen LogP contribution >= 0.6 is 11.8 Å². The molecular formula is C23H32N2O5S. The van der Waals surface area contributed by atoms with Gasteiger partial charge in [0.2, 0.25) is 0 Å². The van der Waals surface area contributed by atoms with E-state index in [9.17, 15) is 9.59 Å². The fourth-order valence-electron chi connectivity index (χ4n) is 4.00. The fraction of sp³-hybridized carbons (Fsp3) is 0.565. The Kier molecular flexibility index (Phi) is 8.26. The van der Waals surface area contributed by atoms with Crippen molar-refractivity contribution in [2.45, 2.75) is 39.7 Å². The Bertz CT molecular complexity index is 862. The zero-order valence-electron chi connectivity index (χ0n) is 18.8. The number of cyclic esters (lactones) is 1. The van der Waals surface area contributed by atoms with E-state index in [1.54, 1.807) is 14.2 Å². The molecule has 31 heavy (non-hydrogen) atoms. The first-order valence-corrected chi connectivity index (χ1v) is 11.8. The van der Waals surface area contributed by atoms with E-state index in [2.05, 4.69) is 16.3 Å². The number of fused-ring (bicyclic) bond motifs is 1. The number of esters is 2. The third kappa shape index (κ3) is 5.54. The third-order valence-electron chi connectivity index (χ3n) is 5.80. The average molecular weight is 449 g/mol. The molecule has 0 unspecified atom stereocenters. The lowest BCUT2D eigenvalue weighted by Crippen LogP contribution is -2.25. The van der Waals surface area contributed by atoms with Crippen molar-refractivity contribution in [3.8, 4) is 5.75 Å². The van der Waals surface area contributed by atoms with Crippen LogP contribution in [-0.4, -0.2) is 62.3 Å². The number of thioether (sulfide) groups is 1. The predicted molar refractivity (Wildman–Crippen MR) is 123 cm³/mol. The van der Waals surface area contributed by atoms with E-state index >= 15 is 0 Å². The van der Waals surface area contributed by atoms with Gasteiger partial charge in [-0.05, 0) is 32.3 Å². The summed E-state index contributed by atoms with van der Waals surface area (Å²) in [7, 11) is 3.44. The molecule has 1 aromatic rings. The van der Waals surface area contributed by atoms with Gasteiger partial charge in [-0.1, -0.05) is 11.6 Å². The summed E-state index contributed by atoms with van der Waals surface area (Å²) in [6, 6.07) is 0. The number of benzene rings is 1. The van der Waals surface area contributed by atoms with E-state index in [1.165, 1.54) is 0 Å². The third-order valence-corrected chi connectivity index (χ3v) is 6.82. The number of rotatable bonds is 10. The second-order valence-corrected chi connectivity index (χ2v) is 8.90. The van der Waals surface area contributed by atoms with E-state index < -0.39 is 0 Å². The Morgan fingerprint density at radius 1 is 1.35 bits per heavy atom. The first-order chi connectivity index (χ1) is 15.0. The Morgan fingerprint density at radius 2 is 2.16 bits per heavy atom. The van der Waals surface area contributed by atoms with Crippen LogP contribution in [0.2, 0.25) is 0 Å². The minimum atomic E-state index is -0.303. The van der Waals surface area contributed by atoms with E-state index in [0.717, 1.165) is 58.4 Å². The SMILES string of the molecule is CNc1c(CC=C(C)CCC(=O)OCCN2CCSC2)c(OC)c(C)c2c1C(=O)OC2. The highest BCUT2D eigenvalue weighted by atomic mass is 32.2. The van der Waals surface area contributed by atoms with Crippen LogP contribution in [0.4, 0.5) is 5.69 Å². The molecule has 1 fully saturated rings. The predicted octanol–water partition coefficient (Wildman–Crippen LogP) is 3.53. The number of allylic oxidation sites excluding steroid dienone is 2. The number of hydrogen-bond donors (Lipinski definition) is 1. The fourth-order valence-corrected chi connectivity index (χ4v) is 5.03. The number of nitrogens with one attached hydrogen (secondary N) is 1. The Morgan fingerprint density at radius 3 is 2.84 bits per heavy atom. The molecule has 0 amide bonds. The molecule has 3 rings (SSSR count). The first kappa shape index (κ1) is 23.5. The van der Waals surface area contributed by atoms with Crippen LogP contribution in [0, 0.1) is 6.92 Å². The topological polar surface area (TPSA) is 77.1 Å². The molecule has 1 aromatic carbocycles. The van der Waals surface area contributed by atoms with E-state index in [-0.39, 0.29) is 18.5 Å². The van der Waals surface area contributed by atoms with Crippen molar-refractivity contribution in [1.29, 1.82) is 0 Å².